The van der Waals surface area contributed by atoms with Gasteiger partial charge in [-0.25, -0.2) is 0 Å². The monoisotopic (exact) mass is 260 g/mol. The van der Waals surface area contributed by atoms with Gasteiger partial charge < -0.3 is 26.8 Å². The van der Waals surface area contributed by atoms with Gasteiger partial charge in [0, 0.05) is 13.2 Å². The largest absolute Gasteiger partial charge is 0.377 e. The van der Waals surface area contributed by atoms with Crippen LogP contribution in [0, 0.1) is 0 Å². The summed E-state index contributed by atoms with van der Waals surface area (Å²) in [6.45, 7) is 1.65. The molecule has 0 aliphatic heterocycles. The normalized spacial score (nSPS) is 11.9. The average molecular weight is 260 g/mol. The molecule has 0 aromatic rings. The summed E-state index contributed by atoms with van der Waals surface area (Å²) in [6, 6.07) is 0. The Balaban J connectivity index is 4.52. The molecule has 0 radical (unpaired) electrons. The van der Waals surface area contributed by atoms with Crippen LogP contribution >= 0.6 is 0 Å². The van der Waals surface area contributed by atoms with Crippen molar-refractivity contribution >= 4 is 17.7 Å². The van der Waals surface area contributed by atoms with Crippen molar-refractivity contribution in [1.82, 2.24) is 4.90 Å². The first kappa shape index (κ1) is 16.3. The fourth-order valence-electron chi connectivity index (χ4n) is 1.38. The summed E-state index contributed by atoms with van der Waals surface area (Å²) in [7, 11) is 0. The Hall–Kier alpha value is -1.67. The van der Waals surface area contributed by atoms with Gasteiger partial charge >= 0.3 is 0 Å². The van der Waals surface area contributed by atoms with E-state index in [0.29, 0.717) is 6.61 Å². The number of nitrogens with two attached hydrogens (primary N) is 3. The second-order valence-corrected chi connectivity index (χ2v) is 3.70. The minimum absolute atomic E-state index is 0.0229. The van der Waals surface area contributed by atoms with Crippen LogP contribution in [0.15, 0.2) is 0 Å². The molecule has 104 valence electrons. The number of carbonyl (C=O) groups excluding carboxylic acids is 3. The van der Waals surface area contributed by atoms with Crippen molar-refractivity contribution in [1.29, 1.82) is 0 Å². The molecule has 1 unspecified atom stereocenters. The Morgan fingerprint density at radius 2 is 1.67 bits per heavy atom. The first-order valence-electron chi connectivity index (χ1n) is 5.56. The van der Waals surface area contributed by atoms with E-state index in [0.717, 1.165) is 4.90 Å². The lowest BCUT2D eigenvalue weighted by Gasteiger charge is -2.22. The second kappa shape index (κ2) is 8.43. The number of nitrogens with zero attached hydrogens (tertiary/aromatic N) is 1. The molecule has 0 heterocycles. The summed E-state index contributed by atoms with van der Waals surface area (Å²) in [5.41, 5.74) is 15.4. The Morgan fingerprint density at radius 1 is 1.17 bits per heavy atom. The van der Waals surface area contributed by atoms with Gasteiger partial charge in [0.2, 0.25) is 17.7 Å². The Bertz CT molecular complexity index is 292. The van der Waals surface area contributed by atoms with E-state index < -0.39 is 23.8 Å². The molecule has 0 aromatic carbocycles. The molecule has 0 aliphatic rings. The van der Waals surface area contributed by atoms with E-state index in [-0.39, 0.29) is 26.1 Å². The molecule has 18 heavy (non-hydrogen) atoms. The molecule has 0 saturated heterocycles. The molecule has 3 amide bonds. The third kappa shape index (κ3) is 6.81. The van der Waals surface area contributed by atoms with E-state index in [4.69, 9.17) is 21.9 Å². The van der Waals surface area contributed by atoms with Gasteiger partial charge in [0.15, 0.2) is 0 Å². The molecule has 8 heteroatoms. The zero-order chi connectivity index (χ0) is 14.1. The Kier molecular flexibility index (Phi) is 7.64. The highest BCUT2D eigenvalue weighted by Crippen LogP contribution is 2.02. The Labute approximate surface area is 105 Å². The summed E-state index contributed by atoms with van der Waals surface area (Å²) in [4.78, 5) is 34.4. The van der Waals surface area contributed by atoms with Crippen LogP contribution < -0.4 is 17.2 Å². The lowest BCUT2D eigenvalue weighted by atomic mass is 10.2. The molecule has 0 aliphatic carbocycles. The number of carbonyl (C=O) groups is 3. The van der Waals surface area contributed by atoms with Crippen LogP contribution in [0.4, 0.5) is 0 Å². The van der Waals surface area contributed by atoms with Crippen molar-refractivity contribution < 1.29 is 19.1 Å². The van der Waals surface area contributed by atoms with Crippen molar-refractivity contribution in [2.24, 2.45) is 17.2 Å². The lowest BCUT2D eigenvalue weighted by Crippen LogP contribution is -2.45. The van der Waals surface area contributed by atoms with Gasteiger partial charge in [-0.3, -0.25) is 14.4 Å². The fourth-order valence-corrected chi connectivity index (χ4v) is 1.38. The van der Waals surface area contributed by atoms with Gasteiger partial charge in [0.25, 0.3) is 0 Å². The Morgan fingerprint density at radius 3 is 2.00 bits per heavy atom. The first-order chi connectivity index (χ1) is 8.40. The van der Waals surface area contributed by atoms with Gasteiger partial charge in [-0.1, -0.05) is 0 Å². The molecule has 0 fully saturated rings. The highest BCUT2D eigenvalue weighted by atomic mass is 16.5. The van der Waals surface area contributed by atoms with E-state index in [2.05, 4.69) is 0 Å². The number of amides is 3. The number of primary amides is 2. The maximum atomic E-state index is 11.8. The molecule has 0 spiro atoms. The highest BCUT2D eigenvalue weighted by Gasteiger charge is 2.21. The summed E-state index contributed by atoms with van der Waals surface area (Å²) < 4.78 is 5.22. The topological polar surface area (TPSA) is 142 Å². The molecule has 0 aromatic heterocycles. The molecular formula is C10H20N4O4. The van der Waals surface area contributed by atoms with Crippen LogP contribution in [0.5, 0.6) is 0 Å². The van der Waals surface area contributed by atoms with Crippen LogP contribution in [0.1, 0.15) is 13.3 Å². The summed E-state index contributed by atoms with van der Waals surface area (Å²) >= 11 is 0. The van der Waals surface area contributed by atoms with E-state index in [1.165, 1.54) is 0 Å². The minimum atomic E-state index is -0.717. The third-order valence-corrected chi connectivity index (χ3v) is 2.11. The van der Waals surface area contributed by atoms with Crippen LogP contribution in [0.25, 0.3) is 0 Å². The smallest absolute Gasteiger partial charge is 0.237 e. The SMILES string of the molecule is CCOC(CN)CC(=O)N(CC(N)=O)CC(N)=O. The summed E-state index contributed by atoms with van der Waals surface area (Å²) in [5, 5.41) is 0. The third-order valence-electron chi connectivity index (χ3n) is 2.11. The number of rotatable bonds is 9. The predicted molar refractivity (Wildman–Crippen MR) is 64.1 cm³/mol. The second-order valence-electron chi connectivity index (χ2n) is 3.70. The number of hydrogen-bond donors (Lipinski definition) is 3. The van der Waals surface area contributed by atoms with Crippen molar-refractivity contribution in [3.63, 3.8) is 0 Å². The summed E-state index contributed by atoms with van der Waals surface area (Å²) in [5.74, 6) is -1.88. The zero-order valence-corrected chi connectivity index (χ0v) is 10.4. The lowest BCUT2D eigenvalue weighted by molar-refractivity contribution is -0.140. The van der Waals surface area contributed by atoms with Crippen LogP contribution in [0.2, 0.25) is 0 Å². The molecular weight excluding hydrogens is 240 g/mol. The fraction of sp³-hybridized carbons (Fsp3) is 0.700. The molecule has 1 atom stereocenters. The van der Waals surface area contributed by atoms with Crippen LogP contribution in [-0.4, -0.2) is 55.0 Å². The van der Waals surface area contributed by atoms with Gasteiger partial charge in [0.05, 0.1) is 25.6 Å². The number of hydrogen-bond acceptors (Lipinski definition) is 5. The van der Waals surface area contributed by atoms with E-state index in [9.17, 15) is 14.4 Å². The molecule has 0 saturated carbocycles. The standard InChI is InChI=1S/C10H20N4O4/c1-2-18-7(4-11)3-10(17)14(5-8(12)15)6-9(13)16/h7H,2-6,11H2,1H3,(H2,12,15)(H2,13,16). The maximum Gasteiger partial charge on any atom is 0.237 e. The van der Waals surface area contributed by atoms with E-state index in [1.54, 1.807) is 6.92 Å². The van der Waals surface area contributed by atoms with E-state index in [1.807, 2.05) is 0 Å². The van der Waals surface area contributed by atoms with Crippen LogP contribution in [-0.2, 0) is 19.1 Å². The zero-order valence-electron chi connectivity index (χ0n) is 10.4. The van der Waals surface area contributed by atoms with Gasteiger partial charge in [-0.15, -0.1) is 0 Å². The average Bonchev–Trinajstić information content (AvgIpc) is 2.26. The quantitative estimate of drug-likeness (QED) is 0.421. The molecule has 0 rings (SSSR count). The van der Waals surface area contributed by atoms with Gasteiger partial charge in [-0.2, -0.15) is 0 Å². The first-order valence-corrected chi connectivity index (χ1v) is 5.56. The minimum Gasteiger partial charge on any atom is -0.377 e. The summed E-state index contributed by atoms with van der Waals surface area (Å²) in [6.07, 6.45) is -0.476. The van der Waals surface area contributed by atoms with E-state index >= 15 is 0 Å². The molecule has 0 bridgehead atoms. The van der Waals surface area contributed by atoms with Crippen molar-refractivity contribution in [3.8, 4) is 0 Å². The van der Waals surface area contributed by atoms with Crippen LogP contribution in [0.3, 0.4) is 0 Å². The molecule has 6 N–H and O–H groups in total. The number of ether oxygens (including phenoxy) is 1. The van der Waals surface area contributed by atoms with Crippen molar-refractivity contribution in [2.45, 2.75) is 19.4 Å². The highest BCUT2D eigenvalue weighted by molar-refractivity contribution is 5.88. The van der Waals surface area contributed by atoms with Gasteiger partial charge in [0.1, 0.15) is 0 Å². The van der Waals surface area contributed by atoms with Crippen molar-refractivity contribution in [3.05, 3.63) is 0 Å². The predicted octanol–water partition coefficient (Wildman–Crippen LogP) is -2.46. The van der Waals surface area contributed by atoms with Gasteiger partial charge in [-0.05, 0) is 6.92 Å². The van der Waals surface area contributed by atoms with Crippen molar-refractivity contribution in [2.75, 3.05) is 26.2 Å². The molecule has 8 nitrogen and oxygen atoms in total. The maximum absolute atomic E-state index is 11.8.